The van der Waals surface area contributed by atoms with Gasteiger partial charge >= 0.3 is 0 Å². The fourth-order valence-corrected chi connectivity index (χ4v) is 4.06. The minimum Gasteiger partial charge on any atom is -0.508 e. The van der Waals surface area contributed by atoms with Crippen LogP contribution in [0, 0.1) is 12.7 Å². The molecule has 0 radical (unpaired) electrons. The first-order valence-electron chi connectivity index (χ1n) is 9.66. The SMILES string of the molecule is Cc1noc2nc(-c3ccc(F)cc3)cc(C(=O)NC3CCc4c(O)cccc43)c12. The van der Waals surface area contributed by atoms with Gasteiger partial charge in [0.15, 0.2) is 0 Å². The Hall–Kier alpha value is -3.74. The lowest BCUT2D eigenvalue weighted by molar-refractivity contribution is 0.0938. The summed E-state index contributed by atoms with van der Waals surface area (Å²) < 4.78 is 18.6. The quantitative estimate of drug-likeness (QED) is 0.527. The molecule has 1 unspecified atom stereocenters. The van der Waals surface area contributed by atoms with Crippen LogP contribution in [0.3, 0.4) is 0 Å². The highest BCUT2D eigenvalue weighted by atomic mass is 19.1. The molecular formula is C23H18FN3O3. The molecule has 0 aliphatic heterocycles. The van der Waals surface area contributed by atoms with Gasteiger partial charge in [0, 0.05) is 5.56 Å². The van der Waals surface area contributed by atoms with Crippen molar-refractivity contribution in [3.63, 3.8) is 0 Å². The van der Waals surface area contributed by atoms with Gasteiger partial charge in [0.25, 0.3) is 11.6 Å². The molecule has 2 aromatic carbocycles. The Balaban J connectivity index is 1.55. The first kappa shape index (κ1) is 18.3. The van der Waals surface area contributed by atoms with Gasteiger partial charge in [0.2, 0.25) is 0 Å². The number of hydrogen-bond acceptors (Lipinski definition) is 5. The second-order valence-corrected chi connectivity index (χ2v) is 7.42. The van der Waals surface area contributed by atoms with Crippen LogP contribution in [0.5, 0.6) is 5.75 Å². The maximum atomic E-state index is 13.3. The van der Waals surface area contributed by atoms with Gasteiger partial charge < -0.3 is 14.9 Å². The van der Waals surface area contributed by atoms with Crippen molar-refractivity contribution in [1.29, 1.82) is 0 Å². The third kappa shape index (κ3) is 2.99. The number of nitrogens with zero attached hydrogens (tertiary/aromatic N) is 2. The summed E-state index contributed by atoms with van der Waals surface area (Å²) in [5.74, 6) is -0.376. The molecule has 5 rings (SSSR count). The zero-order valence-electron chi connectivity index (χ0n) is 16.1. The molecule has 1 aliphatic carbocycles. The average Bonchev–Trinajstić information content (AvgIpc) is 3.32. The van der Waals surface area contributed by atoms with Gasteiger partial charge in [0.05, 0.1) is 28.4 Å². The van der Waals surface area contributed by atoms with Crippen LogP contribution >= 0.6 is 0 Å². The van der Waals surface area contributed by atoms with Crippen LogP contribution in [0.15, 0.2) is 53.1 Å². The third-order valence-electron chi connectivity index (χ3n) is 5.55. The van der Waals surface area contributed by atoms with Crippen molar-refractivity contribution >= 4 is 17.0 Å². The van der Waals surface area contributed by atoms with Crippen molar-refractivity contribution < 1.29 is 18.8 Å². The van der Waals surface area contributed by atoms with E-state index in [-0.39, 0.29) is 29.2 Å². The number of amides is 1. The van der Waals surface area contributed by atoms with Gasteiger partial charge in [0.1, 0.15) is 11.6 Å². The lowest BCUT2D eigenvalue weighted by atomic mass is 10.0. The minimum absolute atomic E-state index is 0.197. The number of phenols is 1. The van der Waals surface area contributed by atoms with Crippen LogP contribution in [0.1, 0.15) is 39.6 Å². The summed E-state index contributed by atoms with van der Waals surface area (Å²) in [6.07, 6.45) is 1.41. The predicted molar refractivity (Wildman–Crippen MR) is 109 cm³/mol. The second kappa shape index (κ2) is 6.95. The van der Waals surface area contributed by atoms with Crippen LogP contribution in [0.2, 0.25) is 0 Å². The summed E-state index contributed by atoms with van der Waals surface area (Å²) in [5.41, 5.74) is 4.17. The molecule has 0 fully saturated rings. The summed E-state index contributed by atoms with van der Waals surface area (Å²) in [6.45, 7) is 1.75. The number of fused-ring (bicyclic) bond motifs is 2. The maximum absolute atomic E-state index is 13.3. The maximum Gasteiger partial charge on any atom is 0.259 e. The highest BCUT2D eigenvalue weighted by molar-refractivity contribution is 6.07. The average molecular weight is 403 g/mol. The number of rotatable bonds is 3. The monoisotopic (exact) mass is 403 g/mol. The van der Waals surface area contributed by atoms with Crippen LogP contribution in [-0.4, -0.2) is 21.2 Å². The number of carbonyl (C=O) groups is 1. The zero-order chi connectivity index (χ0) is 20.8. The van der Waals surface area contributed by atoms with Gasteiger partial charge in [-0.2, -0.15) is 0 Å². The number of aryl methyl sites for hydroxylation is 1. The summed E-state index contributed by atoms with van der Waals surface area (Å²) >= 11 is 0. The van der Waals surface area contributed by atoms with Gasteiger partial charge in [-0.25, -0.2) is 9.37 Å². The molecule has 1 atom stereocenters. The van der Waals surface area contributed by atoms with Crippen LogP contribution in [0.4, 0.5) is 4.39 Å². The Morgan fingerprint density at radius 3 is 2.83 bits per heavy atom. The van der Waals surface area contributed by atoms with Crippen LogP contribution in [-0.2, 0) is 6.42 Å². The molecule has 2 heterocycles. The molecule has 2 aromatic heterocycles. The van der Waals surface area contributed by atoms with Crippen molar-refractivity contribution in [2.24, 2.45) is 0 Å². The van der Waals surface area contributed by atoms with E-state index in [9.17, 15) is 14.3 Å². The van der Waals surface area contributed by atoms with Crippen LogP contribution in [0.25, 0.3) is 22.4 Å². The highest BCUT2D eigenvalue weighted by Crippen LogP contribution is 2.37. The number of nitrogens with one attached hydrogen (secondary N) is 1. The molecule has 0 spiro atoms. The Kier molecular flexibility index (Phi) is 4.24. The van der Waals surface area contributed by atoms with Gasteiger partial charge in [-0.15, -0.1) is 0 Å². The molecule has 0 saturated carbocycles. The molecule has 6 nitrogen and oxygen atoms in total. The molecule has 7 heteroatoms. The smallest absolute Gasteiger partial charge is 0.259 e. The lowest BCUT2D eigenvalue weighted by Crippen LogP contribution is -2.27. The van der Waals surface area contributed by atoms with E-state index in [1.54, 1.807) is 37.3 Å². The van der Waals surface area contributed by atoms with Crippen molar-refractivity contribution in [3.8, 4) is 17.0 Å². The number of pyridine rings is 1. The number of hydrogen-bond donors (Lipinski definition) is 2. The van der Waals surface area contributed by atoms with Crippen molar-refractivity contribution in [2.75, 3.05) is 0 Å². The standard InChI is InChI=1S/C23H18FN3O3/c1-12-21-17(22(29)25-18-10-9-16-15(18)3-2-4-20(16)28)11-19(26-23(21)30-27-12)13-5-7-14(24)8-6-13/h2-8,11,18,28H,9-10H2,1H3,(H,25,29). The van der Waals surface area contributed by atoms with Crippen molar-refractivity contribution in [2.45, 2.75) is 25.8 Å². The Labute approximate surface area is 171 Å². The van der Waals surface area contributed by atoms with Crippen molar-refractivity contribution in [1.82, 2.24) is 15.5 Å². The number of aromatic nitrogens is 2. The fourth-order valence-electron chi connectivity index (χ4n) is 4.06. The van der Waals surface area contributed by atoms with Crippen LogP contribution < -0.4 is 5.32 Å². The fraction of sp³-hybridized carbons (Fsp3) is 0.174. The van der Waals surface area contributed by atoms with E-state index >= 15 is 0 Å². The first-order chi connectivity index (χ1) is 14.5. The molecular weight excluding hydrogens is 385 g/mol. The number of aromatic hydroxyl groups is 1. The topological polar surface area (TPSA) is 88.2 Å². The second-order valence-electron chi connectivity index (χ2n) is 7.42. The Morgan fingerprint density at radius 1 is 1.23 bits per heavy atom. The number of halogens is 1. The van der Waals surface area contributed by atoms with Gasteiger partial charge in [-0.05, 0) is 67.3 Å². The molecule has 0 saturated heterocycles. The van der Waals surface area contributed by atoms with E-state index in [0.29, 0.717) is 40.7 Å². The Morgan fingerprint density at radius 2 is 2.03 bits per heavy atom. The van der Waals surface area contributed by atoms with E-state index in [0.717, 1.165) is 11.1 Å². The normalized spacial score (nSPS) is 15.3. The first-order valence-corrected chi connectivity index (χ1v) is 9.66. The number of phenolic OH excluding ortho intramolecular Hbond substituents is 1. The molecule has 2 N–H and O–H groups in total. The largest absolute Gasteiger partial charge is 0.508 e. The van der Waals surface area contributed by atoms with E-state index in [2.05, 4.69) is 15.5 Å². The summed E-state index contributed by atoms with van der Waals surface area (Å²) in [4.78, 5) is 17.7. The molecule has 1 amide bonds. The van der Waals surface area contributed by atoms with E-state index in [1.807, 2.05) is 6.07 Å². The highest BCUT2D eigenvalue weighted by Gasteiger charge is 2.28. The van der Waals surface area contributed by atoms with E-state index in [1.165, 1.54) is 12.1 Å². The number of carbonyl (C=O) groups excluding carboxylic acids is 1. The van der Waals surface area contributed by atoms with E-state index < -0.39 is 0 Å². The molecule has 30 heavy (non-hydrogen) atoms. The van der Waals surface area contributed by atoms with Crippen molar-refractivity contribution in [3.05, 3.63) is 76.7 Å². The third-order valence-corrected chi connectivity index (χ3v) is 5.55. The summed E-state index contributed by atoms with van der Waals surface area (Å²) in [5, 5.41) is 17.6. The molecule has 1 aliphatic rings. The summed E-state index contributed by atoms with van der Waals surface area (Å²) in [6, 6.07) is 12.7. The van der Waals surface area contributed by atoms with Gasteiger partial charge in [-0.1, -0.05) is 17.3 Å². The zero-order valence-corrected chi connectivity index (χ0v) is 16.1. The Bertz CT molecular complexity index is 1280. The molecule has 150 valence electrons. The number of benzene rings is 2. The predicted octanol–water partition coefficient (Wildman–Crippen LogP) is 4.46. The lowest BCUT2D eigenvalue weighted by Gasteiger charge is -2.15. The molecule has 4 aromatic rings. The molecule has 0 bridgehead atoms. The van der Waals surface area contributed by atoms with E-state index in [4.69, 9.17) is 4.52 Å². The summed E-state index contributed by atoms with van der Waals surface area (Å²) in [7, 11) is 0. The van der Waals surface area contributed by atoms with Gasteiger partial charge in [-0.3, -0.25) is 4.79 Å². The minimum atomic E-state index is -0.351.